The van der Waals surface area contributed by atoms with E-state index in [2.05, 4.69) is 16.2 Å². The molecule has 0 saturated heterocycles. The minimum absolute atomic E-state index is 0.385. The second-order valence-corrected chi connectivity index (χ2v) is 12.8. The van der Waals surface area contributed by atoms with Gasteiger partial charge in [-0.25, -0.2) is 0 Å². The third-order valence-corrected chi connectivity index (χ3v) is 11.5. The standard InChI is InChI=1S/C18H33P.C6H15P/c1-4-10-16(11-5-1)19(17-12-6-2-7-13-17)18-14-8-3-9-15-18;1-2-3-4-5-6-7/h16-18H,1-15H2;2-7H2,1H3. The van der Waals surface area contributed by atoms with Crippen molar-refractivity contribution >= 4 is 17.2 Å². The van der Waals surface area contributed by atoms with E-state index in [9.17, 15) is 0 Å². The smallest absolute Gasteiger partial charge is 0.0204 e. The zero-order chi connectivity index (χ0) is 18.5. The van der Waals surface area contributed by atoms with Crippen LogP contribution in [0.4, 0.5) is 0 Å². The molecule has 26 heavy (non-hydrogen) atoms. The lowest BCUT2D eigenvalue weighted by atomic mass is 9.99. The van der Waals surface area contributed by atoms with Crippen LogP contribution in [0.25, 0.3) is 0 Å². The molecule has 154 valence electrons. The highest BCUT2D eigenvalue weighted by molar-refractivity contribution is 7.60. The van der Waals surface area contributed by atoms with Crippen LogP contribution in [0.3, 0.4) is 0 Å². The summed E-state index contributed by atoms with van der Waals surface area (Å²) in [6.07, 6.45) is 30.5. The second-order valence-electron chi connectivity index (χ2n) is 9.17. The first kappa shape index (κ1) is 23.1. The Kier molecular flexibility index (Phi) is 13.2. The van der Waals surface area contributed by atoms with Gasteiger partial charge in [0, 0.05) is 0 Å². The minimum Gasteiger partial charge on any atom is -0.138 e. The van der Waals surface area contributed by atoms with Crippen LogP contribution >= 0.6 is 17.2 Å². The molecule has 0 nitrogen and oxygen atoms in total. The average Bonchev–Trinajstić information content (AvgIpc) is 2.72. The summed E-state index contributed by atoms with van der Waals surface area (Å²) in [5, 5.41) is 0. The number of hydrogen-bond donors (Lipinski definition) is 0. The van der Waals surface area contributed by atoms with Crippen molar-refractivity contribution in [2.75, 3.05) is 6.16 Å². The molecule has 1 atom stereocenters. The molecule has 0 amide bonds. The van der Waals surface area contributed by atoms with E-state index in [1.165, 1.54) is 68.1 Å². The lowest BCUT2D eigenvalue weighted by molar-refractivity contribution is 0.460. The molecule has 3 fully saturated rings. The molecule has 0 bridgehead atoms. The van der Waals surface area contributed by atoms with Crippen LogP contribution in [0.5, 0.6) is 0 Å². The zero-order valence-corrected chi connectivity index (χ0v) is 19.9. The fraction of sp³-hybridized carbons (Fsp3) is 1.00. The first-order valence-electron chi connectivity index (χ1n) is 12.3. The van der Waals surface area contributed by atoms with E-state index in [4.69, 9.17) is 0 Å². The normalized spacial score (nSPS) is 23.7. The van der Waals surface area contributed by atoms with Gasteiger partial charge in [0.05, 0.1) is 0 Å². The summed E-state index contributed by atoms with van der Waals surface area (Å²) in [4.78, 5) is 0. The summed E-state index contributed by atoms with van der Waals surface area (Å²) >= 11 is 0. The highest BCUT2D eigenvalue weighted by Gasteiger charge is 2.36. The SMILES string of the molecule is C1CCC(P(C2CCCCC2)C2CCCCC2)CC1.CCCCCCP. The van der Waals surface area contributed by atoms with Gasteiger partial charge in [-0.2, -0.15) is 0 Å². The van der Waals surface area contributed by atoms with E-state index in [1.54, 1.807) is 77.0 Å². The lowest BCUT2D eigenvalue weighted by Crippen LogP contribution is -2.28. The Morgan fingerprint density at radius 1 is 0.577 bits per heavy atom. The maximum Gasteiger partial charge on any atom is -0.0204 e. The van der Waals surface area contributed by atoms with E-state index in [0.29, 0.717) is 7.92 Å². The molecular formula is C24H48P2. The quantitative estimate of drug-likeness (QED) is 0.296. The first-order valence-corrected chi connectivity index (χ1v) is 14.7. The van der Waals surface area contributed by atoms with Crippen LogP contribution in [0.1, 0.15) is 129 Å². The molecular weight excluding hydrogens is 350 g/mol. The van der Waals surface area contributed by atoms with Crippen molar-refractivity contribution in [1.82, 2.24) is 0 Å². The molecule has 0 aromatic carbocycles. The summed E-state index contributed by atoms with van der Waals surface area (Å²) in [5.41, 5.74) is 3.57. The monoisotopic (exact) mass is 398 g/mol. The Morgan fingerprint density at radius 3 is 1.27 bits per heavy atom. The average molecular weight is 399 g/mol. The van der Waals surface area contributed by atoms with Crippen molar-refractivity contribution in [2.45, 2.75) is 146 Å². The van der Waals surface area contributed by atoms with Gasteiger partial charge in [-0.1, -0.05) is 91.9 Å². The Balaban J connectivity index is 0.000000298. The number of unbranched alkanes of at least 4 members (excludes halogenated alkanes) is 3. The molecule has 3 aliphatic carbocycles. The van der Waals surface area contributed by atoms with E-state index in [0.717, 1.165) is 0 Å². The van der Waals surface area contributed by atoms with Crippen molar-refractivity contribution in [2.24, 2.45) is 0 Å². The van der Waals surface area contributed by atoms with Gasteiger partial charge in [-0.15, -0.1) is 9.24 Å². The highest BCUT2D eigenvalue weighted by Crippen LogP contribution is 2.61. The molecule has 3 aliphatic rings. The van der Waals surface area contributed by atoms with Crippen LogP contribution in [-0.4, -0.2) is 23.1 Å². The summed E-state index contributed by atoms with van der Waals surface area (Å²) in [6, 6.07) is 0. The van der Waals surface area contributed by atoms with E-state index in [-0.39, 0.29) is 0 Å². The van der Waals surface area contributed by atoms with Crippen LogP contribution in [-0.2, 0) is 0 Å². The van der Waals surface area contributed by atoms with Crippen molar-refractivity contribution in [3.8, 4) is 0 Å². The maximum atomic E-state index is 2.75. The number of rotatable bonds is 7. The van der Waals surface area contributed by atoms with Crippen molar-refractivity contribution in [3.05, 3.63) is 0 Å². The summed E-state index contributed by atoms with van der Waals surface area (Å²) < 4.78 is 0. The zero-order valence-electron chi connectivity index (χ0n) is 17.9. The molecule has 0 N–H and O–H groups in total. The lowest BCUT2D eigenvalue weighted by Gasteiger charge is -2.44. The molecule has 0 aliphatic heterocycles. The second kappa shape index (κ2) is 14.8. The topological polar surface area (TPSA) is 0 Å². The van der Waals surface area contributed by atoms with Gasteiger partial charge in [0.2, 0.25) is 0 Å². The fourth-order valence-electron chi connectivity index (χ4n) is 5.60. The molecule has 3 saturated carbocycles. The van der Waals surface area contributed by atoms with Crippen LogP contribution in [0.2, 0.25) is 0 Å². The third kappa shape index (κ3) is 8.48. The van der Waals surface area contributed by atoms with Crippen LogP contribution in [0.15, 0.2) is 0 Å². The third-order valence-electron chi connectivity index (χ3n) is 7.05. The molecule has 0 radical (unpaired) electrons. The number of hydrogen-bond acceptors (Lipinski definition) is 0. The van der Waals surface area contributed by atoms with Crippen LogP contribution < -0.4 is 0 Å². The Labute approximate surface area is 169 Å². The fourth-order valence-corrected chi connectivity index (χ4v) is 10.6. The highest BCUT2D eigenvalue weighted by atomic mass is 31.1. The summed E-state index contributed by atoms with van der Waals surface area (Å²) in [6.45, 7) is 2.24. The van der Waals surface area contributed by atoms with Crippen molar-refractivity contribution in [1.29, 1.82) is 0 Å². The van der Waals surface area contributed by atoms with Gasteiger partial charge >= 0.3 is 0 Å². The molecule has 0 aromatic rings. The Hall–Kier alpha value is 0.860. The molecule has 2 heteroatoms. The van der Waals surface area contributed by atoms with E-state index < -0.39 is 0 Å². The van der Waals surface area contributed by atoms with Gasteiger partial charge in [0.1, 0.15) is 0 Å². The summed E-state index contributed by atoms with van der Waals surface area (Å²) in [7, 11) is 3.13. The molecule has 3 rings (SSSR count). The minimum atomic E-state index is 0.385. The molecule has 0 spiro atoms. The Morgan fingerprint density at radius 2 is 0.962 bits per heavy atom. The van der Waals surface area contributed by atoms with E-state index >= 15 is 0 Å². The van der Waals surface area contributed by atoms with Crippen LogP contribution in [0, 0.1) is 0 Å². The van der Waals surface area contributed by atoms with Gasteiger partial charge in [0.25, 0.3) is 0 Å². The van der Waals surface area contributed by atoms with Gasteiger partial charge in [-0.05, 0) is 68.1 Å². The molecule has 0 aromatic heterocycles. The molecule has 0 heterocycles. The van der Waals surface area contributed by atoms with Gasteiger partial charge in [-0.3, -0.25) is 0 Å². The predicted molar refractivity (Wildman–Crippen MR) is 126 cm³/mol. The predicted octanol–water partition coefficient (Wildman–Crippen LogP) is 8.91. The summed E-state index contributed by atoms with van der Waals surface area (Å²) in [5.74, 6) is 0. The van der Waals surface area contributed by atoms with Gasteiger partial charge in [0.15, 0.2) is 0 Å². The first-order chi connectivity index (χ1) is 12.9. The Bertz CT molecular complexity index is 265. The van der Waals surface area contributed by atoms with Crippen molar-refractivity contribution in [3.63, 3.8) is 0 Å². The van der Waals surface area contributed by atoms with Crippen molar-refractivity contribution < 1.29 is 0 Å². The van der Waals surface area contributed by atoms with E-state index in [1.807, 2.05) is 0 Å². The maximum absolute atomic E-state index is 2.75. The molecule has 1 unspecified atom stereocenters. The van der Waals surface area contributed by atoms with Gasteiger partial charge < -0.3 is 0 Å². The largest absolute Gasteiger partial charge is 0.138 e.